The Balaban J connectivity index is 2.52. The molecule has 0 aromatic heterocycles. The lowest BCUT2D eigenvalue weighted by atomic mass is 10.1. The van der Waals surface area contributed by atoms with Crippen molar-refractivity contribution in [2.45, 2.75) is 32.6 Å². The van der Waals surface area contributed by atoms with E-state index in [1.807, 2.05) is 0 Å². The topological polar surface area (TPSA) is 73.6 Å². The molecule has 0 bridgehead atoms. The summed E-state index contributed by atoms with van der Waals surface area (Å²) in [5.41, 5.74) is 6.99. The molecule has 0 aliphatic carbocycles. The third-order valence-corrected chi connectivity index (χ3v) is 3.09. The Bertz CT molecular complexity index is 436. The van der Waals surface area contributed by atoms with Crippen molar-refractivity contribution in [2.75, 3.05) is 32.6 Å². The molecule has 0 saturated carbocycles. The van der Waals surface area contributed by atoms with Crippen LogP contribution in [0, 0.1) is 0 Å². The lowest BCUT2D eigenvalue weighted by Crippen LogP contribution is -2.25. The van der Waals surface area contributed by atoms with Crippen LogP contribution in [0.15, 0.2) is 18.2 Å². The number of ether oxygens (including phenoxy) is 2. The summed E-state index contributed by atoms with van der Waals surface area (Å²) in [4.78, 5) is 12.0. The van der Waals surface area contributed by atoms with Crippen LogP contribution in [0.2, 0.25) is 0 Å². The van der Waals surface area contributed by atoms with Gasteiger partial charge in [0.1, 0.15) is 5.75 Å². The molecule has 1 amide bonds. The second-order valence-electron chi connectivity index (χ2n) is 4.91. The first-order valence-electron chi connectivity index (χ1n) is 7.48. The van der Waals surface area contributed by atoms with Gasteiger partial charge in [-0.1, -0.05) is 19.8 Å². The predicted molar refractivity (Wildman–Crippen MR) is 84.7 cm³/mol. The number of nitrogens with one attached hydrogen (secondary N) is 1. The van der Waals surface area contributed by atoms with E-state index in [1.54, 1.807) is 25.3 Å². The van der Waals surface area contributed by atoms with Gasteiger partial charge in [0.2, 0.25) is 0 Å². The number of benzene rings is 1. The predicted octanol–water partition coefficient (Wildman–Crippen LogP) is 2.60. The zero-order chi connectivity index (χ0) is 15.5. The molecule has 0 saturated heterocycles. The Labute approximate surface area is 126 Å². The van der Waals surface area contributed by atoms with E-state index in [4.69, 9.17) is 15.2 Å². The molecule has 0 aliphatic heterocycles. The number of methoxy groups -OCH3 is 1. The van der Waals surface area contributed by atoms with Crippen molar-refractivity contribution in [3.05, 3.63) is 23.8 Å². The van der Waals surface area contributed by atoms with Gasteiger partial charge in [-0.3, -0.25) is 4.79 Å². The van der Waals surface area contributed by atoms with E-state index in [2.05, 4.69) is 12.2 Å². The molecule has 1 aromatic carbocycles. The lowest BCUT2D eigenvalue weighted by molar-refractivity contribution is 0.0948. The number of hydrogen-bond acceptors (Lipinski definition) is 4. The molecule has 0 fully saturated rings. The minimum Gasteiger partial charge on any atom is -0.491 e. The highest BCUT2D eigenvalue weighted by Gasteiger charge is 2.09. The molecule has 1 aromatic rings. The SMILES string of the molecule is CCCCCOc1cc(C(=O)NCCCOC)ccc1N. The fraction of sp³-hybridized carbons (Fsp3) is 0.562. The monoisotopic (exact) mass is 294 g/mol. The van der Waals surface area contributed by atoms with E-state index < -0.39 is 0 Å². The van der Waals surface area contributed by atoms with Crippen LogP contribution in [0.1, 0.15) is 43.0 Å². The molecule has 1 rings (SSSR count). The van der Waals surface area contributed by atoms with Gasteiger partial charge in [0.25, 0.3) is 5.91 Å². The fourth-order valence-corrected chi connectivity index (χ4v) is 1.86. The summed E-state index contributed by atoms with van der Waals surface area (Å²) in [6.45, 7) is 3.98. The molecule has 0 radical (unpaired) electrons. The molecule has 3 N–H and O–H groups in total. The van der Waals surface area contributed by atoms with Crippen molar-refractivity contribution in [2.24, 2.45) is 0 Å². The van der Waals surface area contributed by atoms with Gasteiger partial charge < -0.3 is 20.5 Å². The zero-order valence-electron chi connectivity index (χ0n) is 13.0. The highest BCUT2D eigenvalue weighted by molar-refractivity contribution is 5.95. The molecule has 21 heavy (non-hydrogen) atoms. The van der Waals surface area contributed by atoms with Crippen LogP contribution < -0.4 is 15.8 Å². The summed E-state index contributed by atoms with van der Waals surface area (Å²) >= 11 is 0. The lowest BCUT2D eigenvalue weighted by Gasteiger charge is -2.11. The van der Waals surface area contributed by atoms with Crippen LogP contribution in [-0.4, -0.2) is 32.8 Å². The number of hydrogen-bond donors (Lipinski definition) is 2. The largest absolute Gasteiger partial charge is 0.491 e. The molecule has 0 spiro atoms. The summed E-state index contributed by atoms with van der Waals surface area (Å²) in [6.07, 6.45) is 4.04. The highest BCUT2D eigenvalue weighted by atomic mass is 16.5. The van der Waals surface area contributed by atoms with Gasteiger partial charge in [-0.05, 0) is 31.0 Å². The van der Waals surface area contributed by atoms with Crippen LogP contribution >= 0.6 is 0 Å². The summed E-state index contributed by atoms with van der Waals surface area (Å²) in [6, 6.07) is 5.12. The van der Waals surface area contributed by atoms with Crippen molar-refractivity contribution in [1.82, 2.24) is 5.32 Å². The molecule has 0 atom stereocenters. The first-order valence-corrected chi connectivity index (χ1v) is 7.48. The summed E-state index contributed by atoms with van der Waals surface area (Å²) in [5, 5.41) is 2.84. The average molecular weight is 294 g/mol. The number of unbranched alkanes of at least 4 members (excludes halogenated alkanes) is 2. The normalized spacial score (nSPS) is 10.4. The Morgan fingerprint density at radius 3 is 2.76 bits per heavy atom. The Hall–Kier alpha value is -1.75. The van der Waals surface area contributed by atoms with Crippen LogP contribution in [0.4, 0.5) is 5.69 Å². The van der Waals surface area contributed by atoms with Crippen LogP contribution in [0.25, 0.3) is 0 Å². The van der Waals surface area contributed by atoms with E-state index in [9.17, 15) is 4.79 Å². The Morgan fingerprint density at radius 2 is 2.05 bits per heavy atom. The number of nitrogen functional groups attached to an aromatic ring is 1. The average Bonchev–Trinajstić information content (AvgIpc) is 2.49. The standard InChI is InChI=1S/C16H26N2O3/c1-3-4-5-11-21-15-12-13(7-8-14(15)17)16(19)18-9-6-10-20-2/h7-8,12H,3-6,9-11,17H2,1-2H3,(H,18,19). The maximum absolute atomic E-state index is 12.0. The third-order valence-electron chi connectivity index (χ3n) is 3.09. The first kappa shape index (κ1) is 17.3. The molecule has 5 nitrogen and oxygen atoms in total. The molecule has 118 valence electrons. The van der Waals surface area contributed by atoms with Gasteiger partial charge in [-0.25, -0.2) is 0 Å². The van der Waals surface area contributed by atoms with E-state index in [0.717, 1.165) is 25.7 Å². The maximum Gasteiger partial charge on any atom is 0.251 e. The Kier molecular flexibility index (Phi) is 8.28. The molecular formula is C16H26N2O3. The molecule has 5 heteroatoms. The minimum atomic E-state index is -0.121. The van der Waals surface area contributed by atoms with Crippen molar-refractivity contribution in [3.8, 4) is 5.75 Å². The van der Waals surface area contributed by atoms with Crippen LogP contribution in [-0.2, 0) is 4.74 Å². The number of anilines is 1. The van der Waals surface area contributed by atoms with E-state index in [-0.39, 0.29) is 5.91 Å². The van der Waals surface area contributed by atoms with Gasteiger partial charge >= 0.3 is 0 Å². The van der Waals surface area contributed by atoms with Gasteiger partial charge in [0.05, 0.1) is 12.3 Å². The van der Waals surface area contributed by atoms with Crippen molar-refractivity contribution < 1.29 is 14.3 Å². The van der Waals surface area contributed by atoms with Gasteiger partial charge in [-0.2, -0.15) is 0 Å². The third kappa shape index (κ3) is 6.49. The van der Waals surface area contributed by atoms with Crippen molar-refractivity contribution in [3.63, 3.8) is 0 Å². The number of rotatable bonds is 10. The summed E-state index contributed by atoms with van der Waals surface area (Å²) in [5.74, 6) is 0.458. The van der Waals surface area contributed by atoms with E-state index in [0.29, 0.717) is 36.8 Å². The zero-order valence-corrected chi connectivity index (χ0v) is 13.0. The number of amides is 1. The smallest absolute Gasteiger partial charge is 0.251 e. The Morgan fingerprint density at radius 1 is 1.24 bits per heavy atom. The number of carbonyl (C=O) groups excluding carboxylic acids is 1. The number of carbonyl (C=O) groups is 1. The first-order chi connectivity index (χ1) is 10.2. The van der Waals surface area contributed by atoms with E-state index >= 15 is 0 Å². The molecular weight excluding hydrogens is 268 g/mol. The summed E-state index contributed by atoms with van der Waals surface area (Å²) in [7, 11) is 1.64. The number of nitrogens with two attached hydrogens (primary N) is 1. The molecule has 0 unspecified atom stereocenters. The van der Waals surface area contributed by atoms with E-state index in [1.165, 1.54) is 0 Å². The van der Waals surface area contributed by atoms with Crippen molar-refractivity contribution in [1.29, 1.82) is 0 Å². The minimum absolute atomic E-state index is 0.121. The second kappa shape index (κ2) is 10.0. The quantitative estimate of drug-likeness (QED) is 0.514. The van der Waals surface area contributed by atoms with Crippen LogP contribution in [0.3, 0.4) is 0 Å². The molecule has 0 heterocycles. The second-order valence-corrected chi connectivity index (χ2v) is 4.91. The van der Waals surface area contributed by atoms with Crippen LogP contribution in [0.5, 0.6) is 5.75 Å². The van der Waals surface area contributed by atoms with Gasteiger partial charge in [0.15, 0.2) is 0 Å². The maximum atomic E-state index is 12.0. The highest BCUT2D eigenvalue weighted by Crippen LogP contribution is 2.23. The fourth-order valence-electron chi connectivity index (χ4n) is 1.86. The van der Waals surface area contributed by atoms with Crippen molar-refractivity contribution >= 4 is 11.6 Å². The molecule has 0 aliphatic rings. The van der Waals surface area contributed by atoms with Gasteiger partial charge in [0, 0.05) is 25.8 Å². The van der Waals surface area contributed by atoms with Gasteiger partial charge in [-0.15, -0.1) is 0 Å². The summed E-state index contributed by atoms with van der Waals surface area (Å²) < 4.78 is 10.6.